The normalized spacial score (nSPS) is 12.3. The van der Waals surface area contributed by atoms with Gasteiger partial charge in [0.15, 0.2) is 0 Å². The van der Waals surface area contributed by atoms with Crippen LogP contribution in [0.3, 0.4) is 0 Å². The van der Waals surface area contributed by atoms with Crippen LogP contribution in [0.25, 0.3) is 0 Å². The zero-order chi connectivity index (χ0) is 17.2. The van der Waals surface area contributed by atoms with Crippen molar-refractivity contribution in [1.29, 1.82) is 0 Å². The fraction of sp³-hybridized carbons (Fsp3) is 0.588. The van der Waals surface area contributed by atoms with E-state index < -0.39 is 4.84 Å². The van der Waals surface area contributed by atoms with Crippen LogP contribution in [0, 0.1) is 0 Å². The average molecular weight is 363 g/mol. The van der Waals surface area contributed by atoms with Crippen LogP contribution in [-0.2, 0) is 22.4 Å². The van der Waals surface area contributed by atoms with E-state index in [-0.39, 0.29) is 12.7 Å². The number of aryl methyl sites for hydroxylation is 2. The molecule has 1 aromatic carbocycles. The quantitative estimate of drug-likeness (QED) is 0.339. The Labute approximate surface area is 148 Å². The molecule has 0 radical (unpaired) electrons. The minimum absolute atomic E-state index is 0.0906. The summed E-state index contributed by atoms with van der Waals surface area (Å²) in [4.78, 5) is 9.63. The topological polar surface area (TPSA) is 44.8 Å². The van der Waals surface area contributed by atoms with Crippen molar-refractivity contribution in [2.75, 3.05) is 19.8 Å². The molecule has 0 saturated carbocycles. The first-order valence-electron chi connectivity index (χ1n) is 7.78. The number of halogens is 2. The Bertz CT molecular complexity index is 466. The summed E-state index contributed by atoms with van der Waals surface area (Å²) in [6.45, 7) is 6.81. The summed E-state index contributed by atoms with van der Waals surface area (Å²) in [5.41, 5.74) is 2.12. The van der Waals surface area contributed by atoms with Crippen molar-refractivity contribution in [2.45, 2.75) is 44.6 Å². The molecular weight excluding hydrogens is 339 g/mol. The van der Waals surface area contributed by atoms with Crippen molar-refractivity contribution in [3.63, 3.8) is 0 Å². The Morgan fingerprint density at radius 1 is 1.13 bits per heavy atom. The molecule has 0 aliphatic rings. The molecule has 6 heteroatoms. The minimum Gasteiger partial charge on any atom is -0.491 e. The van der Waals surface area contributed by atoms with E-state index in [2.05, 4.69) is 13.8 Å². The lowest BCUT2D eigenvalue weighted by atomic mass is 10.0. The summed E-state index contributed by atoms with van der Waals surface area (Å²) in [7, 11) is 0. The van der Waals surface area contributed by atoms with E-state index in [1.54, 1.807) is 0 Å². The van der Waals surface area contributed by atoms with E-state index in [9.17, 15) is 4.79 Å². The van der Waals surface area contributed by atoms with Gasteiger partial charge in [0.25, 0.3) is 0 Å². The Morgan fingerprint density at radius 3 is 2.22 bits per heavy atom. The van der Waals surface area contributed by atoms with Crippen LogP contribution in [0.4, 0.5) is 0 Å². The second-order valence-corrected chi connectivity index (χ2v) is 6.19. The molecule has 0 aromatic heterocycles. The number of hydrogen-bond acceptors (Lipinski definition) is 4. The molecule has 1 aromatic rings. The largest absolute Gasteiger partial charge is 0.491 e. The number of carbonyl (C=O) groups is 1. The van der Waals surface area contributed by atoms with Crippen LogP contribution in [0.2, 0.25) is 0 Å². The van der Waals surface area contributed by atoms with Gasteiger partial charge in [-0.1, -0.05) is 13.8 Å². The zero-order valence-corrected chi connectivity index (χ0v) is 15.3. The van der Waals surface area contributed by atoms with Gasteiger partial charge in [0.1, 0.15) is 41.9 Å². The van der Waals surface area contributed by atoms with Crippen molar-refractivity contribution in [3.05, 3.63) is 23.3 Å². The molecule has 23 heavy (non-hydrogen) atoms. The van der Waals surface area contributed by atoms with Crippen LogP contribution in [0.15, 0.2) is 12.1 Å². The van der Waals surface area contributed by atoms with Crippen LogP contribution < -0.4 is 9.47 Å². The Kier molecular flexibility index (Phi) is 9.37. The number of carbonyl (C=O) groups excluding carboxylic acids is 1. The molecule has 0 amide bonds. The molecule has 1 unspecified atom stereocenters. The fourth-order valence-corrected chi connectivity index (χ4v) is 2.20. The second-order valence-electron chi connectivity index (χ2n) is 5.03. The molecule has 0 saturated heterocycles. The Hall–Kier alpha value is -0.970. The van der Waals surface area contributed by atoms with Gasteiger partial charge in [0.2, 0.25) is 0 Å². The average Bonchev–Trinajstić information content (AvgIpc) is 2.54. The van der Waals surface area contributed by atoms with Gasteiger partial charge >= 0.3 is 0 Å². The molecule has 4 nitrogen and oxygen atoms in total. The lowest BCUT2D eigenvalue weighted by Crippen LogP contribution is -2.20. The van der Waals surface area contributed by atoms with Gasteiger partial charge in [-0.3, -0.25) is 0 Å². The highest BCUT2D eigenvalue weighted by Crippen LogP contribution is 2.31. The molecule has 0 heterocycles. The first kappa shape index (κ1) is 20.1. The summed E-state index contributed by atoms with van der Waals surface area (Å²) in [5, 5.41) is 0. The highest BCUT2D eigenvalue weighted by atomic mass is 35.5. The third kappa shape index (κ3) is 6.58. The molecular formula is C17H24Cl2O4. The third-order valence-corrected chi connectivity index (χ3v) is 4.02. The summed E-state index contributed by atoms with van der Waals surface area (Å²) < 4.78 is 16.8. The Morgan fingerprint density at radius 2 is 1.74 bits per heavy atom. The second kappa shape index (κ2) is 10.7. The maximum Gasteiger partial charge on any atom is 0.145 e. The van der Waals surface area contributed by atoms with E-state index in [0.717, 1.165) is 41.8 Å². The highest BCUT2D eigenvalue weighted by molar-refractivity contribution is 6.44. The SMILES string of the molecule is CCc1cc(OC(C)C(Cl)Cl)cc(CC)c1OCCOCC=O. The van der Waals surface area contributed by atoms with E-state index in [0.29, 0.717) is 13.2 Å². The molecule has 1 atom stereocenters. The van der Waals surface area contributed by atoms with Gasteiger partial charge in [-0.05, 0) is 43.0 Å². The predicted octanol–water partition coefficient (Wildman–Crippen LogP) is 3.98. The van der Waals surface area contributed by atoms with Gasteiger partial charge in [-0.25, -0.2) is 0 Å². The van der Waals surface area contributed by atoms with Crippen molar-refractivity contribution < 1.29 is 19.0 Å². The molecule has 0 aliphatic heterocycles. The number of alkyl halides is 2. The molecule has 130 valence electrons. The summed E-state index contributed by atoms with van der Waals surface area (Å²) in [6.07, 6.45) is 2.06. The van der Waals surface area contributed by atoms with Crippen molar-refractivity contribution in [3.8, 4) is 11.5 Å². The lowest BCUT2D eigenvalue weighted by Gasteiger charge is -2.20. The smallest absolute Gasteiger partial charge is 0.145 e. The summed E-state index contributed by atoms with van der Waals surface area (Å²) >= 11 is 11.7. The van der Waals surface area contributed by atoms with Crippen LogP contribution in [0.1, 0.15) is 31.9 Å². The van der Waals surface area contributed by atoms with E-state index >= 15 is 0 Å². The van der Waals surface area contributed by atoms with Crippen LogP contribution >= 0.6 is 23.2 Å². The van der Waals surface area contributed by atoms with Crippen LogP contribution in [-0.4, -0.2) is 37.0 Å². The number of benzene rings is 1. The van der Waals surface area contributed by atoms with Gasteiger partial charge in [-0.2, -0.15) is 0 Å². The maximum atomic E-state index is 10.2. The number of aldehydes is 1. The maximum absolute atomic E-state index is 10.2. The van der Waals surface area contributed by atoms with Crippen LogP contribution in [0.5, 0.6) is 11.5 Å². The van der Waals surface area contributed by atoms with Crippen molar-refractivity contribution in [2.24, 2.45) is 0 Å². The number of hydrogen-bond donors (Lipinski definition) is 0. The number of rotatable bonds is 11. The molecule has 0 aliphatic carbocycles. The third-order valence-electron chi connectivity index (χ3n) is 3.31. The van der Waals surface area contributed by atoms with Gasteiger partial charge < -0.3 is 19.0 Å². The van der Waals surface area contributed by atoms with Gasteiger partial charge in [-0.15, -0.1) is 23.2 Å². The van der Waals surface area contributed by atoms with E-state index in [1.165, 1.54) is 0 Å². The predicted molar refractivity (Wildman–Crippen MR) is 93.2 cm³/mol. The summed E-state index contributed by atoms with van der Waals surface area (Å²) in [6, 6.07) is 3.90. The van der Waals surface area contributed by atoms with Crippen molar-refractivity contribution >= 4 is 29.5 Å². The molecule has 1 rings (SSSR count). The van der Waals surface area contributed by atoms with Crippen molar-refractivity contribution in [1.82, 2.24) is 0 Å². The summed E-state index contributed by atoms with van der Waals surface area (Å²) in [5.74, 6) is 1.60. The molecule has 0 bridgehead atoms. The van der Waals surface area contributed by atoms with Gasteiger partial charge in [0, 0.05) is 0 Å². The minimum atomic E-state index is -0.587. The first-order valence-corrected chi connectivity index (χ1v) is 8.65. The van der Waals surface area contributed by atoms with E-state index in [4.69, 9.17) is 37.4 Å². The molecule has 0 spiro atoms. The number of ether oxygens (including phenoxy) is 3. The van der Waals surface area contributed by atoms with Gasteiger partial charge in [0.05, 0.1) is 6.61 Å². The zero-order valence-electron chi connectivity index (χ0n) is 13.8. The highest BCUT2D eigenvalue weighted by Gasteiger charge is 2.16. The standard InChI is InChI=1S/C17H24Cl2O4/c1-4-13-10-15(23-12(3)17(18)19)11-14(5-2)16(13)22-9-8-21-7-6-20/h6,10-12,17H,4-5,7-9H2,1-3H3. The Balaban J connectivity index is 2.86. The molecule has 0 fully saturated rings. The monoisotopic (exact) mass is 362 g/mol. The van der Waals surface area contributed by atoms with E-state index in [1.807, 2.05) is 19.1 Å². The fourth-order valence-electron chi connectivity index (χ4n) is 2.10. The first-order chi connectivity index (χ1) is 11.0. The lowest BCUT2D eigenvalue weighted by molar-refractivity contribution is -0.112. The molecule has 0 N–H and O–H groups in total.